The molecule has 5 rings (SSSR count). The minimum atomic E-state index is -1.64. The van der Waals surface area contributed by atoms with E-state index in [9.17, 15) is 9.90 Å². The van der Waals surface area contributed by atoms with Crippen LogP contribution in [0.1, 0.15) is 17.0 Å². The molecule has 1 atom stereocenters. The van der Waals surface area contributed by atoms with E-state index in [1.807, 2.05) is 0 Å². The predicted octanol–water partition coefficient (Wildman–Crippen LogP) is 4.32. The lowest BCUT2D eigenvalue weighted by Crippen LogP contribution is -2.32. The van der Waals surface area contributed by atoms with Crippen molar-refractivity contribution in [2.75, 3.05) is 0 Å². The van der Waals surface area contributed by atoms with Crippen molar-refractivity contribution < 1.29 is 5.11 Å². The molecule has 170 valence electrons. The first kappa shape index (κ1) is 22.3. The number of hydrogen-bond acceptors (Lipinski definition) is 5. The van der Waals surface area contributed by atoms with E-state index < -0.39 is 5.60 Å². The van der Waals surface area contributed by atoms with Crippen molar-refractivity contribution in [1.29, 1.82) is 0 Å². The van der Waals surface area contributed by atoms with Gasteiger partial charge in [0.2, 0.25) is 0 Å². The Morgan fingerprint density at radius 3 is 2.41 bits per heavy atom. The molecule has 0 saturated heterocycles. The summed E-state index contributed by atoms with van der Waals surface area (Å²) in [6.07, 6.45) is 3.21. The van der Waals surface area contributed by atoms with Crippen LogP contribution >= 0.6 is 23.2 Å². The van der Waals surface area contributed by atoms with Crippen LogP contribution in [0.2, 0.25) is 10.2 Å². The van der Waals surface area contributed by atoms with Gasteiger partial charge in [0.05, 0.1) is 40.6 Å². The molecule has 0 saturated carbocycles. The Kier molecular flexibility index (Phi) is 5.48. The third-order valence-electron chi connectivity index (χ3n) is 5.90. The minimum absolute atomic E-state index is 0.210. The Morgan fingerprint density at radius 1 is 0.971 bits per heavy atom. The highest BCUT2D eigenvalue weighted by Crippen LogP contribution is 2.37. The van der Waals surface area contributed by atoms with Crippen LogP contribution in [0.4, 0.5) is 0 Å². The lowest BCUT2D eigenvalue weighted by Gasteiger charge is -2.29. The van der Waals surface area contributed by atoms with Gasteiger partial charge in [0.1, 0.15) is 5.15 Å². The second-order valence-corrected chi connectivity index (χ2v) is 8.80. The molecule has 0 aliphatic rings. The van der Waals surface area contributed by atoms with Crippen LogP contribution in [0.5, 0.6) is 0 Å². The largest absolute Gasteiger partial charge is 0.373 e. The summed E-state index contributed by atoms with van der Waals surface area (Å²) in [5.74, 6) is 0. The fourth-order valence-corrected chi connectivity index (χ4v) is 4.40. The Morgan fingerprint density at radius 2 is 1.74 bits per heavy atom. The van der Waals surface area contributed by atoms with E-state index >= 15 is 0 Å². The number of pyridine rings is 3. The number of hydrogen-bond donors (Lipinski definition) is 1. The van der Waals surface area contributed by atoms with Gasteiger partial charge >= 0.3 is 0 Å². The summed E-state index contributed by atoms with van der Waals surface area (Å²) in [7, 11) is 3.48. The lowest BCUT2D eigenvalue weighted by molar-refractivity contribution is 0.113. The Labute approximate surface area is 204 Å². The van der Waals surface area contributed by atoms with Gasteiger partial charge < -0.3 is 14.2 Å². The highest BCUT2D eigenvalue weighted by molar-refractivity contribution is 6.30. The second-order valence-electron chi connectivity index (χ2n) is 7.97. The number of imidazole rings is 1. The average molecular weight is 492 g/mol. The van der Waals surface area contributed by atoms with E-state index in [0.29, 0.717) is 49.4 Å². The Hall–Kier alpha value is -3.52. The van der Waals surface area contributed by atoms with Crippen molar-refractivity contribution >= 4 is 34.2 Å². The van der Waals surface area contributed by atoms with Gasteiger partial charge in [-0.1, -0.05) is 41.4 Å². The zero-order valence-electron chi connectivity index (χ0n) is 18.3. The molecule has 0 fully saturated rings. The molecule has 0 spiro atoms. The van der Waals surface area contributed by atoms with Crippen LogP contribution in [-0.2, 0) is 19.7 Å². The fourth-order valence-electron chi connectivity index (χ4n) is 4.11. The van der Waals surface area contributed by atoms with Crippen molar-refractivity contribution in [3.63, 3.8) is 0 Å². The topological polar surface area (TPSA) is 85.8 Å². The molecule has 0 aliphatic heterocycles. The van der Waals surface area contributed by atoms with Crippen molar-refractivity contribution in [1.82, 2.24) is 24.1 Å². The molecule has 0 radical (unpaired) electrons. The molecule has 34 heavy (non-hydrogen) atoms. The molecule has 7 nitrogen and oxygen atoms in total. The van der Waals surface area contributed by atoms with Crippen LogP contribution in [-0.4, -0.2) is 29.2 Å². The summed E-state index contributed by atoms with van der Waals surface area (Å²) >= 11 is 12.2. The van der Waals surface area contributed by atoms with Gasteiger partial charge in [0.15, 0.2) is 5.60 Å². The zero-order valence-corrected chi connectivity index (χ0v) is 19.8. The monoisotopic (exact) mass is 491 g/mol. The Bertz CT molecular complexity index is 1590. The maximum absolute atomic E-state index is 12.7. The van der Waals surface area contributed by atoms with Crippen LogP contribution in [0, 0.1) is 0 Å². The minimum Gasteiger partial charge on any atom is -0.373 e. The Balaban J connectivity index is 1.84. The third-order valence-corrected chi connectivity index (χ3v) is 6.36. The molecule has 0 unspecified atom stereocenters. The van der Waals surface area contributed by atoms with Crippen LogP contribution < -0.4 is 5.56 Å². The zero-order chi connectivity index (χ0) is 24.0. The molecule has 0 bridgehead atoms. The third kappa shape index (κ3) is 3.58. The first-order valence-corrected chi connectivity index (χ1v) is 11.1. The number of aryl methyl sites for hydroxylation is 2. The van der Waals surface area contributed by atoms with E-state index in [-0.39, 0.29) is 5.56 Å². The summed E-state index contributed by atoms with van der Waals surface area (Å²) in [5, 5.41) is 13.1. The number of fused-ring (bicyclic) bond motifs is 1. The van der Waals surface area contributed by atoms with Gasteiger partial charge in [-0.15, -0.1) is 0 Å². The lowest BCUT2D eigenvalue weighted by atomic mass is 9.86. The predicted molar refractivity (Wildman–Crippen MR) is 132 cm³/mol. The first-order chi connectivity index (χ1) is 16.3. The summed E-state index contributed by atoms with van der Waals surface area (Å²) in [4.78, 5) is 26.1. The van der Waals surface area contributed by atoms with Gasteiger partial charge in [0.25, 0.3) is 5.56 Å². The summed E-state index contributed by atoms with van der Waals surface area (Å²) in [5.41, 5.74) is 1.72. The molecular weight excluding hydrogens is 473 g/mol. The van der Waals surface area contributed by atoms with Gasteiger partial charge in [-0.3, -0.25) is 4.79 Å². The molecule has 0 aliphatic carbocycles. The molecule has 0 amide bonds. The van der Waals surface area contributed by atoms with E-state index in [0.717, 1.165) is 0 Å². The summed E-state index contributed by atoms with van der Waals surface area (Å²) in [6.45, 7) is 0. The molecule has 5 aromatic rings. The van der Waals surface area contributed by atoms with E-state index in [1.165, 1.54) is 10.6 Å². The highest BCUT2D eigenvalue weighted by atomic mass is 35.5. The molecule has 4 heterocycles. The molecule has 4 aromatic heterocycles. The maximum Gasteiger partial charge on any atom is 0.251 e. The van der Waals surface area contributed by atoms with Crippen molar-refractivity contribution in [3.8, 4) is 11.3 Å². The van der Waals surface area contributed by atoms with Crippen molar-refractivity contribution in [2.24, 2.45) is 14.1 Å². The number of aliphatic hydroxyl groups is 1. The number of aromatic nitrogens is 5. The normalized spacial score (nSPS) is 13.2. The van der Waals surface area contributed by atoms with Crippen LogP contribution in [0.3, 0.4) is 0 Å². The van der Waals surface area contributed by atoms with E-state index in [1.54, 1.807) is 85.8 Å². The van der Waals surface area contributed by atoms with Gasteiger partial charge in [-0.05, 0) is 42.0 Å². The molecule has 1 aromatic carbocycles. The smallest absolute Gasteiger partial charge is 0.251 e. The quantitative estimate of drug-likeness (QED) is 0.378. The van der Waals surface area contributed by atoms with Gasteiger partial charge in [0, 0.05) is 30.7 Å². The first-order valence-electron chi connectivity index (χ1n) is 10.4. The molecule has 1 N–H and O–H groups in total. The second kappa shape index (κ2) is 8.36. The highest BCUT2D eigenvalue weighted by Gasteiger charge is 2.38. The van der Waals surface area contributed by atoms with Crippen LogP contribution in [0.25, 0.3) is 22.3 Å². The maximum atomic E-state index is 12.7. The van der Waals surface area contributed by atoms with Gasteiger partial charge in [-0.2, -0.15) is 0 Å². The van der Waals surface area contributed by atoms with Crippen LogP contribution in [0.15, 0.2) is 78.0 Å². The number of halogens is 2. The standard InChI is InChI=1S/C25H19Cl2N5O2/c1-31-14-28-13-21(31)25(34,15-6-8-16(26)9-7-15)20-11-10-19-24(30-20)17(12-23(33)32(19)2)18-4-3-5-22(27)29-18/h3-14,34H,1-2H3/t25-/m1/s1. The van der Waals surface area contributed by atoms with E-state index in [4.69, 9.17) is 28.2 Å². The van der Waals surface area contributed by atoms with Gasteiger partial charge in [-0.25, -0.2) is 15.0 Å². The summed E-state index contributed by atoms with van der Waals surface area (Å²) < 4.78 is 3.24. The number of benzene rings is 1. The molecule has 9 heteroatoms. The average Bonchev–Trinajstić information content (AvgIpc) is 3.27. The summed E-state index contributed by atoms with van der Waals surface area (Å²) in [6, 6.07) is 17.1. The SMILES string of the molecule is Cn1cncc1[C@@](O)(c1ccc(Cl)cc1)c1ccc2c(n1)c(-c1cccc(Cl)n1)cc(=O)n2C. The molecular formula is C25H19Cl2N5O2. The number of nitrogens with zero attached hydrogens (tertiary/aromatic N) is 5. The number of rotatable bonds is 4. The fraction of sp³-hybridized carbons (Fsp3) is 0.120. The van der Waals surface area contributed by atoms with Crippen molar-refractivity contribution in [3.05, 3.63) is 111 Å². The van der Waals surface area contributed by atoms with E-state index in [2.05, 4.69) is 9.97 Å². The van der Waals surface area contributed by atoms with Crippen molar-refractivity contribution in [2.45, 2.75) is 5.60 Å².